The normalized spacial score (nSPS) is 12.4. The van der Waals surface area contributed by atoms with Gasteiger partial charge in [0.1, 0.15) is 5.69 Å². The summed E-state index contributed by atoms with van der Waals surface area (Å²) in [5.41, 5.74) is 0.983. The fourth-order valence-corrected chi connectivity index (χ4v) is 1.73. The van der Waals surface area contributed by atoms with Crippen LogP contribution >= 0.6 is 11.6 Å². The zero-order valence-corrected chi connectivity index (χ0v) is 10.6. The van der Waals surface area contributed by atoms with Crippen LogP contribution in [0.25, 0.3) is 10.9 Å². The number of hydrogen-bond acceptors (Lipinski definition) is 3. The molecule has 0 spiro atoms. The molecule has 0 bridgehead atoms. The van der Waals surface area contributed by atoms with Crippen LogP contribution in [0.1, 0.15) is 17.4 Å². The minimum absolute atomic E-state index is 0.106. The molecular weight excluding hydrogens is 252 g/mol. The first-order valence-corrected chi connectivity index (χ1v) is 5.96. The molecule has 1 aromatic heterocycles. The van der Waals surface area contributed by atoms with Crippen LogP contribution in [0.3, 0.4) is 0 Å². The molecule has 1 unspecified atom stereocenters. The molecule has 1 heterocycles. The third kappa shape index (κ3) is 2.78. The number of rotatable bonds is 3. The van der Waals surface area contributed by atoms with E-state index in [1.165, 1.54) is 0 Å². The van der Waals surface area contributed by atoms with Gasteiger partial charge in [0, 0.05) is 16.5 Å². The highest BCUT2D eigenvalue weighted by molar-refractivity contribution is 6.31. The van der Waals surface area contributed by atoms with E-state index in [1.807, 2.05) is 12.1 Å². The number of pyridine rings is 1. The molecule has 1 atom stereocenters. The van der Waals surface area contributed by atoms with Gasteiger partial charge in [0.25, 0.3) is 5.91 Å². The first-order chi connectivity index (χ1) is 8.60. The predicted molar refractivity (Wildman–Crippen MR) is 70.8 cm³/mol. The molecule has 5 heteroatoms. The summed E-state index contributed by atoms with van der Waals surface area (Å²) in [7, 11) is 0. The monoisotopic (exact) mass is 264 g/mol. The summed E-state index contributed by atoms with van der Waals surface area (Å²) < 4.78 is 0. The second kappa shape index (κ2) is 5.33. The molecular formula is C13H13ClN2O2. The zero-order chi connectivity index (χ0) is 13.1. The third-order valence-electron chi connectivity index (χ3n) is 2.54. The Balaban J connectivity index is 2.31. The number of aliphatic hydroxyl groups excluding tert-OH is 1. The molecule has 2 N–H and O–H groups in total. The van der Waals surface area contributed by atoms with Gasteiger partial charge in [-0.1, -0.05) is 23.7 Å². The molecule has 1 aromatic carbocycles. The van der Waals surface area contributed by atoms with E-state index in [0.717, 1.165) is 5.39 Å². The van der Waals surface area contributed by atoms with Crippen molar-refractivity contribution in [2.45, 2.75) is 13.0 Å². The second-order valence-corrected chi connectivity index (χ2v) is 4.53. The highest BCUT2D eigenvalue weighted by atomic mass is 35.5. The lowest BCUT2D eigenvalue weighted by atomic mass is 10.2. The Bertz CT molecular complexity index is 586. The van der Waals surface area contributed by atoms with Gasteiger partial charge in [0.05, 0.1) is 12.1 Å². The maximum atomic E-state index is 11.8. The van der Waals surface area contributed by atoms with Crippen LogP contribution in [0.2, 0.25) is 5.02 Å². The van der Waals surface area contributed by atoms with Gasteiger partial charge in [-0.15, -0.1) is 0 Å². The quantitative estimate of drug-likeness (QED) is 0.891. The SMILES string of the molecule is CC(CO)NC(=O)c1ccc2ccc(Cl)cc2n1. The number of halogens is 1. The molecule has 0 aliphatic carbocycles. The molecule has 0 aliphatic heterocycles. The molecule has 1 amide bonds. The van der Waals surface area contributed by atoms with Crippen molar-refractivity contribution in [1.82, 2.24) is 10.3 Å². The number of nitrogens with one attached hydrogen (secondary N) is 1. The van der Waals surface area contributed by atoms with Gasteiger partial charge in [-0.2, -0.15) is 0 Å². The van der Waals surface area contributed by atoms with Crippen LogP contribution in [0.5, 0.6) is 0 Å². The van der Waals surface area contributed by atoms with Gasteiger partial charge in [-0.25, -0.2) is 4.98 Å². The van der Waals surface area contributed by atoms with Gasteiger partial charge < -0.3 is 10.4 Å². The fourth-order valence-electron chi connectivity index (χ4n) is 1.56. The van der Waals surface area contributed by atoms with E-state index in [1.54, 1.807) is 25.1 Å². The van der Waals surface area contributed by atoms with Crippen molar-refractivity contribution in [3.63, 3.8) is 0 Å². The Morgan fingerprint density at radius 1 is 1.44 bits per heavy atom. The number of fused-ring (bicyclic) bond motifs is 1. The Morgan fingerprint density at radius 3 is 2.89 bits per heavy atom. The van der Waals surface area contributed by atoms with Crippen LogP contribution in [0, 0.1) is 0 Å². The van der Waals surface area contributed by atoms with Crippen molar-refractivity contribution >= 4 is 28.4 Å². The van der Waals surface area contributed by atoms with Crippen molar-refractivity contribution in [3.05, 3.63) is 41.0 Å². The minimum Gasteiger partial charge on any atom is -0.394 e. The number of carbonyl (C=O) groups is 1. The highest BCUT2D eigenvalue weighted by Crippen LogP contribution is 2.17. The zero-order valence-electron chi connectivity index (χ0n) is 9.85. The summed E-state index contributed by atoms with van der Waals surface area (Å²) in [4.78, 5) is 16.1. The number of aliphatic hydroxyl groups is 1. The molecule has 94 valence electrons. The second-order valence-electron chi connectivity index (χ2n) is 4.09. The Labute approximate surface area is 110 Å². The van der Waals surface area contributed by atoms with Crippen molar-refractivity contribution < 1.29 is 9.90 Å². The topological polar surface area (TPSA) is 62.2 Å². The van der Waals surface area contributed by atoms with Crippen LogP contribution in [0.15, 0.2) is 30.3 Å². The largest absolute Gasteiger partial charge is 0.394 e. The molecule has 0 aliphatic rings. The van der Waals surface area contributed by atoms with Crippen LogP contribution < -0.4 is 5.32 Å². The number of carbonyl (C=O) groups excluding carboxylic acids is 1. The van der Waals surface area contributed by atoms with E-state index in [9.17, 15) is 4.79 Å². The summed E-state index contributed by atoms with van der Waals surface area (Å²) in [6.45, 7) is 1.61. The number of aromatic nitrogens is 1. The van der Waals surface area contributed by atoms with Crippen molar-refractivity contribution in [2.75, 3.05) is 6.61 Å². The van der Waals surface area contributed by atoms with E-state index in [0.29, 0.717) is 16.2 Å². The standard InChI is InChI=1S/C13H13ClN2O2/c1-8(7-17)15-13(18)11-5-3-9-2-4-10(14)6-12(9)16-11/h2-6,8,17H,7H2,1H3,(H,15,18). The highest BCUT2D eigenvalue weighted by Gasteiger charge is 2.10. The van der Waals surface area contributed by atoms with Crippen LogP contribution in [-0.4, -0.2) is 28.6 Å². The Kier molecular flexibility index (Phi) is 3.79. The molecule has 0 fully saturated rings. The van der Waals surface area contributed by atoms with Gasteiger partial charge >= 0.3 is 0 Å². The maximum absolute atomic E-state index is 11.8. The number of benzene rings is 1. The summed E-state index contributed by atoms with van der Waals surface area (Å²) in [5.74, 6) is -0.307. The number of hydrogen-bond donors (Lipinski definition) is 2. The maximum Gasteiger partial charge on any atom is 0.270 e. The van der Waals surface area contributed by atoms with Crippen molar-refractivity contribution in [1.29, 1.82) is 0 Å². The van der Waals surface area contributed by atoms with Gasteiger partial charge in [0.15, 0.2) is 0 Å². The molecule has 0 saturated heterocycles. The molecule has 0 radical (unpaired) electrons. The summed E-state index contributed by atoms with van der Waals surface area (Å²) in [5, 5.41) is 13.0. The van der Waals surface area contributed by atoms with Crippen molar-refractivity contribution in [3.8, 4) is 0 Å². The first kappa shape index (κ1) is 12.8. The van der Waals surface area contributed by atoms with Gasteiger partial charge in [-0.3, -0.25) is 4.79 Å². The lowest BCUT2D eigenvalue weighted by Crippen LogP contribution is -2.35. The van der Waals surface area contributed by atoms with E-state index >= 15 is 0 Å². The van der Waals surface area contributed by atoms with Gasteiger partial charge in [-0.05, 0) is 25.1 Å². The molecule has 0 saturated carbocycles. The predicted octanol–water partition coefficient (Wildman–Crippen LogP) is 2.00. The van der Waals surface area contributed by atoms with Crippen LogP contribution in [0.4, 0.5) is 0 Å². The van der Waals surface area contributed by atoms with Gasteiger partial charge in [0.2, 0.25) is 0 Å². The molecule has 2 aromatic rings. The lowest BCUT2D eigenvalue weighted by Gasteiger charge is -2.10. The minimum atomic E-state index is -0.307. The van der Waals surface area contributed by atoms with E-state index in [-0.39, 0.29) is 18.6 Å². The van der Waals surface area contributed by atoms with Crippen LogP contribution in [-0.2, 0) is 0 Å². The summed E-state index contributed by atoms with van der Waals surface area (Å²) >= 11 is 5.88. The lowest BCUT2D eigenvalue weighted by molar-refractivity contribution is 0.0917. The summed E-state index contributed by atoms with van der Waals surface area (Å²) in [6.07, 6.45) is 0. The fraction of sp³-hybridized carbons (Fsp3) is 0.231. The molecule has 4 nitrogen and oxygen atoms in total. The van der Waals surface area contributed by atoms with E-state index in [4.69, 9.17) is 16.7 Å². The third-order valence-corrected chi connectivity index (χ3v) is 2.77. The first-order valence-electron chi connectivity index (χ1n) is 5.58. The summed E-state index contributed by atoms with van der Waals surface area (Å²) in [6, 6.07) is 8.51. The molecule has 18 heavy (non-hydrogen) atoms. The smallest absolute Gasteiger partial charge is 0.270 e. The molecule has 2 rings (SSSR count). The van der Waals surface area contributed by atoms with E-state index < -0.39 is 0 Å². The number of amides is 1. The Morgan fingerprint density at radius 2 is 2.17 bits per heavy atom. The van der Waals surface area contributed by atoms with Crippen molar-refractivity contribution in [2.24, 2.45) is 0 Å². The average molecular weight is 265 g/mol. The van der Waals surface area contributed by atoms with E-state index in [2.05, 4.69) is 10.3 Å². The number of nitrogens with zero attached hydrogens (tertiary/aromatic N) is 1. The Hall–Kier alpha value is -1.65. The average Bonchev–Trinajstić information content (AvgIpc) is 2.37.